The standard InChI is InChI=1S/C14H21FN2O2S/c1-16-9-12-6-7-13(15)8-14(12)20(18,19)17(2)10-11-4-3-5-11/h6-8,11,16H,3-5,9-10H2,1-2H3. The summed E-state index contributed by atoms with van der Waals surface area (Å²) in [5, 5.41) is 2.91. The van der Waals surface area contributed by atoms with Gasteiger partial charge in [-0.1, -0.05) is 12.5 Å². The molecular formula is C14H21FN2O2S. The lowest BCUT2D eigenvalue weighted by atomic mass is 9.86. The van der Waals surface area contributed by atoms with E-state index in [1.165, 1.54) is 22.9 Å². The zero-order valence-corrected chi connectivity index (χ0v) is 12.7. The van der Waals surface area contributed by atoms with Gasteiger partial charge in [-0.05, 0) is 43.5 Å². The Morgan fingerprint density at radius 2 is 2.10 bits per heavy atom. The summed E-state index contributed by atoms with van der Waals surface area (Å²) in [6.45, 7) is 0.907. The van der Waals surface area contributed by atoms with E-state index in [9.17, 15) is 12.8 Å². The maximum atomic E-state index is 13.4. The Hall–Kier alpha value is -0.980. The first-order chi connectivity index (χ1) is 9.45. The van der Waals surface area contributed by atoms with E-state index in [0.29, 0.717) is 24.6 Å². The fraction of sp³-hybridized carbons (Fsp3) is 0.571. The number of halogens is 1. The van der Waals surface area contributed by atoms with Crippen molar-refractivity contribution in [1.82, 2.24) is 9.62 Å². The highest BCUT2D eigenvalue weighted by Crippen LogP contribution is 2.29. The quantitative estimate of drug-likeness (QED) is 0.874. The van der Waals surface area contributed by atoms with Crippen LogP contribution in [0, 0.1) is 11.7 Å². The molecule has 1 aromatic carbocycles. The molecular weight excluding hydrogens is 279 g/mol. The summed E-state index contributed by atoms with van der Waals surface area (Å²) in [4.78, 5) is 0.0636. The van der Waals surface area contributed by atoms with Gasteiger partial charge in [-0.25, -0.2) is 17.1 Å². The smallest absolute Gasteiger partial charge is 0.243 e. The van der Waals surface area contributed by atoms with E-state index >= 15 is 0 Å². The summed E-state index contributed by atoms with van der Waals surface area (Å²) < 4.78 is 39.9. The molecule has 1 N–H and O–H groups in total. The van der Waals surface area contributed by atoms with Crippen LogP contribution in [0.4, 0.5) is 4.39 Å². The fourth-order valence-corrected chi connectivity index (χ4v) is 3.89. The molecule has 0 unspecified atom stereocenters. The SMILES string of the molecule is CNCc1ccc(F)cc1S(=O)(=O)N(C)CC1CCC1. The first kappa shape index (κ1) is 15.4. The van der Waals surface area contributed by atoms with Crippen molar-refractivity contribution < 1.29 is 12.8 Å². The number of sulfonamides is 1. The average Bonchev–Trinajstić information content (AvgIpc) is 2.35. The predicted molar refractivity (Wildman–Crippen MR) is 76.3 cm³/mol. The highest BCUT2D eigenvalue weighted by molar-refractivity contribution is 7.89. The summed E-state index contributed by atoms with van der Waals surface area (Å²) >= 11 is 0. The van der Waals surface area contributed by atoms with Gasteiger partial charge in [0, 0.05) is 20.1 Å². The second kappa shape index (κ2) is 6.20. The number of rotatable bonds is 6. The first-order valence-electron chi connectivity index (χ1n) is 6.84. The van der Waals surface area contributed by atoms with E-state index in [1.54, 1.807) is 14.1 Å². The van der Waals surface area contributed by atoms with Crippen molar-refractivity contribution in [3.8, 4) is 0 Å². The number of hydrogen-bond donors (Lipinski definition) is 1. The monoisotopic (exact) mass is 300 g/mol. The van der Waals surface area contributed by atoms with Crippen molar-refractivity contribution in [1.29, 1.82) is 0 Å². The molecule has 0 amide bonds. The normalized spacial score (nSPS) is 16.4. The van der Waals surface area contributed by atoms with E-state index in [0.717, 1.165) is 18.9 Å². The number of nitrogens with zero attached hydrogens (tertiary/aromatic N) is 1. The number of hydrogen-bond acceptors (Lipinski definition) is 3. The van der Waals surface area contributed by atoms with Crippen LogP contribution in [0.5, 0.6) is 0 Å². The molecule has 0 heterocycles. The summed E-state index contributed by atoms with van der Waals surface area (Å²) in [5.74, 6) is -0.0865. The summed E-state index contributed by atoms with van der Waals surface area (Å²) in [6, 6.07) is 3.92. The molecule has 112 valence electrons. The summed E-state index contributed by atoms with van der Waals surface area (Å²) in [5.41, 5.74) is 0.592. The van der Waals surface area contributed by atoms with Crippen LogP contribution in [-0.4, -0.2) is 33.4 Å². The zero-order valence-electron chi connectivity index (χ0n) is 11.9. The Kier molecular flexibility index (Phi) is 4.78. The van der Waals surface area contributed by atoms with Crippen molar-refractivity contribution in [2.75, 3.05) is 20.6 Å². The molecule has 0 saturated heterocycles. The lowest BCUT2D eigenvalue weighted by molar-refractivity contribution is 0.263. The van der Waals surface area contributed by atoms with Crippen LogP contribution in [0.3, 0.4) is 0 Å². The van der Waals surface area contributed by atoms with Crippen LogP contribution in [0.25, 0.3) is 0 Å². The van der Waals surface area contributed by atoms with Gasteiger partial charge in [0.2, 0.25) is 10.0 Å². The van der Waals surface area contributed by atoms with Gasteiger partial charge in [-0.3, -0.25) is 0 Å². The van der Waals surface area contributed by atoms with E-state index in [2.05, 4.69) is 5.32 Å². The van der Waals surface area contributed by atoms with Gasteiger partial charge in [0.05, 0.1) is 4.90 Å². The molecule has 0 aliphatic heterocycles. The molecule has 2 rings (SSSR count). The molecule has 1 saturated carbocycles. The van der Waals surface area contributed by atoms with Gasteiger partial charge in [-0.15, -0.1) is 0 Å². The third kappa shape index (κ3) is 3.19. The minimum atomic E-state index is -3.63. The van der Waals surface area contributed by atoms with Gasteiger partial charge in [0.1, 0.15) is 5.82 Å². The molecule has 1 aromatic rings. The van der Waals surface area contributed by atoms with Crippen LogP contribution in [0.2, 0.25) is 0 Å². The predicted octanol–water partition coefficient (Wildman–Crippen LogP) is 1.97. The van der Waals surface area contributed by atoms with Crippen LogP contribution in [0.15, 0.2) is 23.1 Å². The second-order valence-electron chi connectivity index (χ2n) is 5.36. The van der Waals surface area contributed by atoms with Crippen LogP contribution in [0.1, 0.15) is 24.8 Å². The third-order valence-electron chi connectivity index (χ3n) is 3.82. The van der Waals surface area contributed by atoms with Gasteiger partial charge in [-0.2, -0.15) is 0 Å². The molecule has 20 heavy (non-hydrogen) atoms. The first-order valence-corrected chi connectivity index (χ1v) is 8.28. The lowest BCUT2D eigenvalue weighted by Crippen LogP contribution is -2.35. The van der Waals surface area contributed by atoms with Gasteiger partial charge in [0.25, 0.3) is 0 Å². The Balaban J connectivity index is 2.29. The maximum absolute atomic E-state index is 13.4. The summed E-state index contributed by atoms with van der Waals surface area (Å²) in [7, 11) is -0.327. The molecule has 1 aliphatic carbocycles. The van der Waals surface area contributed by atoms with Crippen molar-refractivity contribution in [3.63, 3.8) is 0 Å². The topological polar surface area (TPSA) is 49.4 Å². The highest BCUT2D eigenvalue weighted by Gasteiger charge is 2.28. The van der Waals surface area contributed by atoms with E-state index < -0.39 is 15.8 Å². The second-order valence-corrected chi connectivity index (χ2v) is 7.38. The molecule has 0 radical (unpaired) electrons. The molecule has 4 nitrogen and oxygen atoms in total. The van der Waals surface area contributed by atoms with E-state index in [1.807, 2.05) is 0 Å². The van der Waals surface area contributed by atoms with Crippen molar-refractivity contribution in [3.05, 3.63) is 29.6 Å². The average molecular weight is 300 g/mol. The lowest BCUT2D eigenvalue weighted by Gasteiger charge is -2.30. The Morgan fingerprint density at radius 1 is 1.40 bits per heavy atom. The van der Waals surface area contributed by atoms with E-state index in [4.69, 9.17) is 0 Å². The molecule has 6 heteroatoms. The van der Waals surface area contributed by atoms with Crippen molar-refractivity contribution in [2.45, 2.75) is 30.7 Å². The number of nitrogens with one attached hydrogen (secondary N) is 1. The minimum Gasteiger partial charge on any atom is -0.316 e. The van der Waals surface area contributed by atoms with Crippen LogP contribution >= 0.6 is 0 Å². The van der Waals surface area contributed by atoms with Crippen LogP contribution < -0.4 is 5.32 Å². The zero-order chi connectivity index (χ0) is 14.8. The van der Waals surface area contributed by atoms with Gasteiger partial charge >= 0.3 is 0 Å². The molecule has 0 bridgehead atoms. The van der Waals surface area contributed by atoms with Crippen molar-refractivity contribution in [2.24, 2.45) is 5.92 Å². The number of benzene rings is 1. The summed E-state index contributed by atoms with van der Waals surface area (Å²) in [6.07, 6.45) is 3.32. The van der Waals surface area contributed by atoms with Crippen molar-refractivity contribution >= 4 is 10.0 Å². The minimum absolute atomic E-state index is 0.0636. The molecule has 0 atom stereocenters. The Bertz CT molecular complexity index is 571. The largest absolute Gasteiger partial charge is 0.316 e. The molecule has 1 fully saturated rings. The Morgan fingerprint density at radius 3 is 2.65 bits per heavy atom. The van der Waals surface area contributed by atoms with Gasteiger partial charge in [0.15, 0.2) is 0 Å². The third-order valence-corrected chi connectivity index (χ3v) is 5.73. The highest BCUT2D eigenvalue weighted by atomic mass is 32.2. The Labute approximate surface area is 120 Å². The van der Waals surface area contributed by atoms with E-state index in [-0.39, 0.29) is 4.90 Å². The maximum Gasteiger partial charge on any atom is 0.243 e. The molecule has 0 spiro atoms. The fourth-order valence-electron chi connectivity index (χ4n) is 2.41. The molecule has 0 aromatic heterocycles. The van der Waals surface area contributed by atoms with Crippen LogP contribution in [-0.2, 0) is 16.6 Å². The molecule has 1 aliphatic rings. The van der Waals surface area contributed by atoms with Gasteiger partial charge < -0.3 is 5.32 Å².